The van der Waals surface area contributed by atoms with Crippen LogP contribution in [0.2, 0.25) is 0 Å². The maximum atomic E-state index is 13.6. The lowest BCUT2D eigenvalue weighted by Gasteiger charge is -2.16. The highest BCUT2D eigenvalue weighted by molar-refractivity contribution is 7.89. The van der Waals surface area contributed by atoms with Gasteiger partial charge in [-0.3, -0.25) is 4.99 Å². The van der Waals surface area contributed by atoms with Crippen molar-refractivity contribution in [2.75, 3.05) is 6.61 Å². The van der Waals surface area contributed by atoms with Crippen LogP contribution in [0.4, 0.5) is 0 Å². The molecule has 4 rings (SSSR count). The molecule has 0 amide bonds. The predicted octanol–water partition coefficient (Wildman–Crippen LogP) is 4.62. The van der Waals surface area contributed by atoms with Crippen LogP contribution >= 0.6 is 0 Å². The molecule has 35 heavy (non-hydrogen) atoms. The van der Waals surface area contributed by atoms with Gasteiger partial charge in [0.2, 0.25) is 10.0 Å². The molecule has 3 aromatic rings. The first-order valence-corrected chi connectivity index (χ1v) is 13.1. The largest absolute Gasteiger partial charge is 0.464 e. The molecule has 1 fully saturated rings. The third-order valence-electron chi connectivity index (χ3n) is 6.24. The van der Waals surface area contributed by atoms with E-state index < -0.39 is 33.6 Å². The van der Waals surface area contributed by atoms with Crippen molar-refractivity contribution in [2.24, 2.45) is 4.99 Å². The Morgan fingerprint density at radius 3 is 1.94 bits per heavy atom. The molecule has 6 nitrogen and oxygen atoms in total. The predicted molar refractivity (Wildman–Crippen MR) is 137 cm³/mol. The first-order valence-electron chi connectivity index (χ1n) is 11.6. The molecular weight excluding hydrogens is 460 g/mol. The highest BCUT2D eigenvalue weighted by Gasteiger charge is 2.67. The smallest absolute Gasteiger partial charge is 0.332 e. The summed E-state index contributed by atoms with van der Waals surface area (Å²) in [7, 11) is -3.84. The van der Waals surface area contributed by atoms with Gasteiger partial charge >= 0.3 is 5.97 Å². The monoisotopic (exact) mass is 490 g/mol. The van der Waals surface area contributed by atoms with E-state index in [9.17, 15) is 13.2 Å². The Bertz CT molecular complexity index is 1280. The molecule has 1 aliphatic rings. The van der Waals surface area contributed by atoms with Crippen molar-refractivity contribution in [3.05, 3.63) is 102 Å². The molecule has 0 bridgehead atoms. The number of carbonyl (C=O) groups excluding carboxylic acids is 1. The Morgan fingerprint density at radius 1 is 0.943 bits per heavy atom. The summed E-state index contributed by atoms with van der Waals surface area (Å²) in [5.74, 6) is -0.545. The molecular formula is C28H30N2O4S. The third-order valence-corrected chi connectivity index (χ3v) is 8.33. The van der Waals surface area contributed by atoms with E-state index in [2.05, 4.69) is 0 Å². The van der Waals surface area contributed by atoms with Crippen molar-refractivity contribution in [3.8, 4) is 0 Å². The SMILES string of the molecule is CCOC(=O)[C@@H](N=C(c1ccccc1)c1ccccc1)[C@@H]1N(S(=O)(=O)c2ccc(C)cc2)C1(C)C. The molecule has 7 heteroatoms. The van der Waals surface area contributed by atoms with E-state index in [0.717, 1.165) is 16.7 Å². The lowest BCUT2D eigenvalue weighted by molar-refractivity contribution is -0.144. The fourth-order valence-corrected chi connectivity index (χ4v) is 6.46. The third kappa shape index (κ3) is 4.92. The van der Waals surface area contributed by atoms with E-state index in [1.165, 1.54) is 4.31 Å². The second-order valence-electron chi connectivity index (χ2n) is 9.12. The molecule has 0 N–H and O–H groups in total. The molecule has 0 spiro atoms. The summed E-state index contributed by atoms with van der Waals surface area (Å²) >= 11 is 0. The maximum absolute atomic E-state index is 13.6. The van der Waals surface area contributed by atoms with Gasteiger partial charge in [0.15, 0.2) is 6.04 Å². The number of rotatable bonds is 8. The molecule has 3 atom stereocenters. The summed E-state index contributed by atoms with van der Waals surface area (Å²) < 4.78 is 33.9. The topological polar surface area (TPSA) is 75.8 Å². The number of benzene rings is 3. The second-order valence-corrected chi connectivity index (χ2v) is 10.9. The summed E-state index contributed by atoms with van der Waals surface area (Å²) in [6, 6.07) is 24.1. The minimum atomic E-state index is -3.84. The molecule has 1 aliphatic heterocycles. The minimum absolute atomic E-state index is 0.175. The molecule has 3 aromatic carbocycles. The summed E-state index contributed by atoms with van der Waals surface area (Å²) in [5, 5.41) is 0. The van der Waals surface area contributed by atoms with Crippen molar-refractivity contribution < 1.29 is 17.9 Å². The van der Waals surface area contributed by atoms with E-state index in [-0.39, 0.29) is 11.5 Å². The Labute approximate surface area is 207 Å². The van der Waals surface area contributed by atoms with Crippen LogP contribution in [0.3, 0.4) is 0 Å². The van der Waals surface area contributed by atoms with Gasteiger partial charge in [0, 0.05) is 11.1 Å². The number of esters is 1. The Hall–Kier alpha value is -3.29. The number of aryl methyl sites for hydroxylation is 1. The van der Waals surface area contributed by atoms with Crippen LogP contribution in [0.15, 0.2) is 94.8 Å². The average Bonchev–Trinajstić information content (AvgIpc) is 3.43. The van der Waals surface area contributed by atoms with Crippen molar-refractivity contribution in [2.45, 2.75) is 50.2 Å². The quantitative estimate of drug-likeness (QED) is 0.262. The molecule has 0 saturated carbocycles. The summed E-state index contributed by atoms with van der Waals surface area (Å²) in [6.45, 7) is 7.44. The fourth-order valence-electron chi connectivity index (χ4n) is 4.40. The molecule has 0 aliphatic carbocycles. The number of hydrogen-bond acceptors (Lipinski definition) is 5. The number of sulfonamides is 1. The van der Waals surface area contributed by atoms with Gasteiger partial charge in [0.25, 0.3) is 0 Å². The first kappa shape index (κ1) is 24.8. The van der Waals surface area contributed by atoms with Gasteiger partial charge in [-0.1, -0.05) is 78.4 Å². The zero-order valence-electron chi connectivity index (χ0n) is 20.4. The zero-order valence-corrected chi connectivity index (χ0v) is 21.2. The first-order chi connectivity index (χ1) is 16.7. The second kappa shape index (κ2) is 9.76. The van der Waals surface area contributed by atoms with Gasteiger partial charge in [-0.05, 0) is 39.8 Å². The highest BCUT2D eigenvalue weighted by atomic mass is 32.2. The average molecular weight is 491 g/mol. The lowest BCUT2D eigenvalue weighted by atomic mass is 10.00. The van der Waals surface area contributed by atoms with Crippen molar-refractivity contribution in [3.63, 3.8) is 0 Å². The van der Waals surface area contributed by atoms with Gasteiger partial charge < -0.3 is 4.74 Å². The molecule has 1 heterocycles. The van der Waals surface area contributed by atoms with Crippen LogP contribution in [0, 0.1) is 6.92 Å². The summed E-state index contributed by atoms with van der Waals surface area (Å²) in [5.41, 5.74) is 2.43. The highest BCUT2D eigenvalue weighted by Crippen LogP contribution is 2.48. The maximum Gasteiger partial charge on any atom is 0.332 e. The summed E-state index contributed by atoms with van der Waals surface area (Å²) in [6.07, 6.45) is 0. The molecule has 1 unspecified atom stereocenters. The zero-order chi connectivity index (χ0) is 25.2. The van der Waals surface area contributed by atoms with Crippen LogP contribution in [0.5, 0.6) is 0 Å². The van der Waals surface area contributed by atoms with E-state index in [4.69, 9.17) is 9.73 Å². The van der Waals surface area contributed by atoms with Crippen LogP contribution in [-0.2, 0) is 19.6 Å². The van der Waals surface area contributed by atoms with Gasteiger partial charge in [-0.25, -0.2) is 13.2 Å². The molecule has 0 aromatic heterocycles. The summed E-state index contributed by atoms with van der Waals surface area (Å²) in [4.78, 5) is 18.3. The number of carbonyl (C=O) groups is 1. The van der Waals surface area contributed by atoms with Gasteiger partial charge in [0.1, 0.15) is 0 Å². The Morgan fingerprint density at radius 2 is 1.46 bits per heavy atom. The molecule has 182 valence electrons. The van der Waals surface area contributed by atoms with Crippen molar-refractivity contribution >= 4 is 21.7 Å². The number of ether oxygens (including phenoxy) is 1. The molecule has 1 saturated heterocycles. The Kier molecular flexibility index (Phi) is 6.92. The van der Waals surface area contributed by atoms with Gasteiger partial charge in [-0.2, -0.15) is 4.31 Å². The number of hydrogen-bond donors (Lipinski definition) is 0. The van der Waals surface area contributed by atoms with E-state index in [0.29, 0.717) is 5.71 Å². The van der Waals surface area contributed by atoms with Gasteiger partial charge in [0.05, 0.1) is 28.8 Å². The number of nitrogens with zero attached hydrogens (tertiary/aromatic N) is 2. The van der Waals surface area contributed by atoms with Gasteiger partial charge in [-0.15, -0.1) is 0 Å². The molecule has 0 radical (unpaired) electrons. The number of aliphatic imine (C=N–C) groups is 1. The Balaban J connectivity index is 1.81. The van der Waals surface area contributed by atoms with Crippen LogP contribution in [0.25, 0.3) is 0 Å². The van der Waals surface area contributed by atoms with E-state index in [1.807, 2.05) is 81.4 Å². The standard InChI is InChI=1S/C28H30N2O4S/c1-5-34-27(31)25(29-24(21-12-8-6-9-13-21)22-14-10-7-11-15-22)26-28(3,4)30(26)35(32,33)23-18-16-20(2)17-19-23/h6-19,25-26H,5H2,1-4H3/t25-,26-,30?/m0/s1. The van der Waals surface area contributed by atoms with Crippen molar-refractivity contribution in [1.82, 2.24) is 4.31 Å². The van der Waals surface area contributed by atoms with Crippen LogP contribution < -0.4 is 0 Å². The van der Waals surface area contributed by atoms with Crippen molar-refractivity contribution in [1.29, 1.82) is 0 Å². The minimum Gasteiger partial charge on any atom is -0.464 e. The van der Waals surface area contributed by atoms with Crippen LogP contribution in [0.1, 0.15) is 37.5 Å². The van der Waals surface area contributed by atoms with Crippen LogP contribution in [-0.4, -0.2) is 48.6 Å². The van der Waals surface area contributed by atoms with E-state index in [1.54, 1.807) is 31.2 Å². The fraction of sp³-hybridized carbons (Fsp3) is 0.286. The van der Waals surface area contributed by atoms with E-state index >= 15 is 0 Å². The lowest BCUT2D eigenvalue weighted by Crippen LogP contribution is -2.33. The normalized spacial score (nSPS) is 19.4.